The van der Waals surface area contributed by atoms with Crippen LogP contribution in [0.15, 0.2) is 55.4 Å². The third kappa shape index (κ3) is 4.14. The second-order valence-electron chi connectivity index (χ2n) is 7.03. The van der Waals surface area contributed by atoms with Gasteiger partial charge in [0.2, 0.25) is 5.76 Å². The van der Waals surface area contributed by atoms with Gasteiger partial charge in [-0.2, -0.15) is 0 Å². The molecular weight excluding hydrogens is 448 g/mol. The average molecular weight is 468 g/mol. The maximum absolute atomic E-state index is 13.0. The first-order valence-electron chi connectivity index (χ1n) is 9.76. The normalized spacial score (nSPS) is 11.0. The minimum Gasteiger partial charge on any atom is -0.497 e. The molecule has 0 aliphatic heterocycles. The van der Waals surface area contributed by atoms with Gasteiger partial charge in [0.05, 0.1) is 20.0 Å². The fraction of sp³-hybridized carbons (Fsp3) is 0.227. The number of hydrogen-bond donors (Lipinski definition) is 0. The number of carbonyl (C=O) groups is 1. The smallest absolute Gasteiger partial charge is 0.373 e. The zero-order valence-corrected chi connectivity index (χ0v) is 19.1. The minimum atomic E-state index is -0.579. The van der Waals surface area contributed by atoms with E-state index in [1.807, 2.05) is 0 Å². The van der Waals surface area contributed by atoms with Crippen LogP contribution in [0, 0.1) is 0 Å². The fourth-order valence-corrected chi connectivity index (χ4v) is 4.12. The Morgan fingerprint density at radius 2 is 1.76 bits per heavy atom. The van der Waals surface area contributed by atoms with Crippen molar-refractivity contribution >= 4 is 28.8 Å². The van der Waals surface area contributed by atoms with Crippen LogP contribution < -0.4 is 16.0 Å². The molecule has 3 aromatic heterocycles. The maximum Gasteiger partial charge on any atom is 0.373 e. The summed E-state index contributed by atoms with van der Waals surface area (Å²) >= 11 is 1.24. The van der Waals surface area contributed by atoms with Crippen LogP contribution in [0.25, 0.3) is 22.4 Å². The molecule has 0 spiro atoms. The summed E-state index contributed by atoms with van der Waals surface area (Å²) in [5.74, 6) is 1.32. The summed E-state index contributed by atoms with van der Waals surface area (Å²) in [5, 5.41) is 0.611. The SMILES string of the molecule is COC(=O)c1ccc(CSc2nc(-c3ccc(OC)cc3)nc3c2c(=O)n(C)c(=O)n3C)o1. The van der Waals surface area contributed by atoms with Crippen molar-refractivity contribution in [2.45, 2.75) is 10.8 Å². The molecule has 3 heterocycles. The highest BCUT2D eigenvalue weighted by molar-refractivity contribution is 7.98. The van der Waals surface area contributed by atoms with E-state index in [2.05, 4.69) is 14.7 Å². The molecule has 0 amide bonds. The Morgan fingerprint density at radius 1 is 1.03 bits per heavy atom. The molecule has 0 bridgehead atoms. The van der Waals surface area contributed by atoms with E-state index >= 15 is 0 Å². The van der Waals surface area contributed by atoms with Crippen molar-refractivity contribution in [3.63, 3.8) is 0 Å². The van der Waals surface area contributed by atoms with E-state index in [0.717, 1.165) is 4.57 Å². The Bertz CT molecular complexity index is 1470. The van der Waals surface area contributed by atoms with Crippen LogP contribution in [0.1, 0.15) is 16.3 Å². The zero-order chi connectivity index (χ0) is 23.7. The predicted octanol–water partition coefficient (Wildman–Crippen LogP) is 2.37. The number of esters is 1. The lowest BCUT2D eigenvalue weighted by atomic mass is 10.2. The number of fused-ring (bicyclic) bond motifs is 1. The number of thioether (sulfide) groups is 1. The van der Waals surface area contributed by atoms with E-state index in [4.69, 9.17) is 9.15 Å². The standard InChI is InChI=1S/C22H20N4O6S/c1-25-18-16(20(27)26(2)22(25)29)19(33-11-14-9-10-15(32-14)21(28)31-4)24-17(23-18)12-5-7-13(30-3)8-6-12/h5-10H,11H2,1-4H3. The lowest BCUT2D eigenvalue weighted by Crippen LogP contribution is -2.37. The summed E-state index contributed by atoms with van der Waals surface area (Å²) in [6.07, 6.45) is 0. The molecule has 0 saturated heterocycles. The van der Waals surface area contributed by atoms with Crippen LogP contribution in [0.3, 0.4) is 0 Å². The van der Waals surface area contributed by atoms with Crippen LogP contribution in [-0.4, -0.2) is 39.3 Å². The van der Waals surface area contributed by atoms with Gasteiger partial charge in [-0.25, -0.2) is 19.6 Å². The molecule has 10 nitrogen and oxygen atoms in total. The first kappa shape index (κ1) is 22.3. The van der Waals surface area contributed by atoms with E-state index in [0.29, 0.717) is 27.9 Å². The van der Waals surface area contributed by atoms with Crippen molar-refractivity contribution in [1.82, 2.24) is 19.1 Å². The summed E-state index contributed by atoms with van der Waals surface area (Å²) in [5.41, 5.74) is -0.0667. The molecule has 170 valence electrons. The molecule has 0 N–H and O–H groups in total. The lowest BCUT2D eigenvalue weighted by Gasteiger charge is -2.12. The number of furan rings is 1. The molecule has 0 radical (unpaired) electrons. The molecule has 4 aromatic rings. The van der Waals surface area contributed by atoms with Gasteiger partial charge in [0.1, 0.15) is 21.9 Å². The molecule has 1 aromatic carbocycles. The molecule has 11 heteroatoms. The first-order valence-corrected chi connectivity index (χ1v) is 10.7. The summed E-state index contributed by atoms with van der Waals surface area (Å²) < 4.78 is 17.7. The van der Waals surface area contributed by atoms with Gasteiger partial charge in [0, 0.05) is 19.7 Å². The van der Waals surface area contributed by atoms with Crippen LogP contribution in [0.4, 0.5) is 0 Å². The van der Waals surface area contributed by atoms with Crippen LogP contribution in [0.2, 0.25) is 0 Å². The highest BCUT2D eigenvalue weighted by atomic mass is 32.2. The molecule has 0 atom stereocenters. The Morgan fingerprint density at radius 3 is 2.42 bits per heavy atom. The number of aryl methyl sites for hydroxylation is 1. The summed E-state index contributed by atoms with van der Waals surface area (Å²) in [7, 11) is 5.80. The van der Waals surface area contributed by atoms with Gasteiger partial charge in [-0.15, -0.1) is 0 Å². The largest absolute Gasteiger partial charge is 0.497 e. The molecule has 0 unspecified atom stereocenters. The van der Waals surface area contributed by atoms with Crippen molar-refractivity contribution in [2.24, 2.45) is 14.1 Å². The van der Waals surface area contributed by atoms with Gasteiger partial charge in [0.15, 0.2) is 11.5 Å². The van der Waals surface area contributed by atoms with Crippen LogP contribution in [-0.2, 0) is 24.6 Å². The number of nitrogens with zero attached hydrogens (tertiary/aromatic N) is 4. The number of hydrogen-bond acceptors (Lipinski definition) is 9. The van der Waals surface area contributed by atoms with Crippen LogP contribution in [0.5, 0.6) is 5.75 Å². The fourth-order valence-electron chi connectivity index (χ4n) is 3.21. The molecule has 0 fully saturated rings. The number of aromatic nitrogens is 4. The van der Waals surface area contributed by atoms with E-state index in [-0.39, 0.29) is 22.5 Å². The average Bonchev–Trinajstić information content (AvgIpc) is 3.33. The number of rotatable bonds is 6. The molecule has 0 aliphatic carbocycles. The highest BCUT2D eigenvalue weighted by Gasteiger charge is 2.19. The van der Waals surface area contributed by atoms with Gasteiger partial charge in [0.25, 0.3) is 5.56 Å². The third-order valence-electron chi connectivity index (χ3n) is 5.01. The Hall–Kier alpha value is -3.86. The molecule has 0 aliphatic rings. The lowest BCUT2D eigenvalue weighted by molar-refractivity contribution is 0.0563. The van der Waals surface area contributed by atoms with Gasteiger partial charge in [-0.1, -0.05) is 11.8 Å². The van der Waals surface area contributed by atoms with Gasteiger partial charge >= 0.3 is 11.7 Å². The second kappa shape index (κ2) is 8.94. The van der Waals surface area contributed by atoms with Crippen molar-refractivity contribution in [3.05, 3.63) is 68.8 Å². The van der Waals surface area contributed by atoms with E-state index in [1.165, 1.54) is 36.6 Å². The van der Waals surface area contributed by atoms with Crippen molar-refractivity contribution in [3.8, 4) is 17.1 Å². The first-order chi connectivity index (χ1) is 15.8. The van der Waals surface area contributed by atoms with E-state index in [9.17, 15) is 14.4 Å². The Balaban J connectivity index is 1.83. The van der Waals surface area contributed by atoms with Gasteiger partial charge < -0.3 is 13.9 Å². The molecule has 33 heavy (non-hydrogen) atoms. The van der Waals surface area contributed by atoms with Crippen molar-refractivity contribution in [2.75, 3.05) is 14.2 Å². The number of methoxy groups -OCH3 is 2. The molecular formula is C22H20N4O6S. The monoisotopic (exact) mass is 468 g/mol. The van der Waals surface area contributed by atoms with Crippen molar-refractivity contribution in [1.29, 1.82) is 0 Å². The van der Waals surface area contributed by atoms with Crippen LogP contribution >= 0.6 is 11.8 Å². The predicted molar refractivity (Wildman–Crippen MR) is 122 cm³/mol. The second-order valence-corrected chi connectivity index (χ2v) is 8.00. The Labute approximate surface area is 191 Å². The molecule has 0 saturated carbocycles. The number of benzene rings is 1. The quantitative estimate of drug-likeness (QED) is 0.239. The highest BCUT2D eigenvalue weighted by Crippen LogP contribution is 2.29. The summed E-state index contributed by atoms with van der Waals surface area (Å²) in [4.78, 5) is 46.2. The van der Waals surface area contributed by atoms with E-state index in [1.54, 1.807) is 44.5 Å². The van der Waals surface area contributed by atoms with Crippen molar-refractivity contribution < 1.29 is 18.7 Å². The number of ether oxygens (including phenoxy) is 2. The summed E-state index contributed by atoms with van der Waals surface area (Å²) in [6, 6.07) is 10.3. The third-order valence-corrected chi connectivity index (χ3v) is 6.01. The van der Waals surface area contributed by atoms with E-state index < -0.39 is 17.2 Å². The van der Waals surface area contributed by atoms with Gasteiger partial charge in [-0.05, 0) is 36.4 Å². The summed E-state index contributed by atoms with van der Waals surface area (Å²) in [6.45, 7) is 0. The van der Waals surface area contributed by atoms with Gasteiger partial charge in [-0.3, -0.25) is 13.9 Å². The maximum atomic E-state index is 13.0. The minimum absolute atomic E-state index is 0.0814. The molecule has 4 rings (SSSR count). The number of carbonyl (C=O) groups excluding carboxylic acids is 1. The zero-order valence-electron chi connectivity index (χ0n) is 18.3. The topological polar surface area (TPSA) is 118 Å². The Kier molecular flexibility index (Phi) is 6.05.